The average molecular weight is 611 g/mol. The van der Waals surface area contributed by atoms with Crippen molar-refractivity contribution < 1.29 is 13.2 Å². The fourth-order valence-corrected chi connectivity index (χ4v) is 7.08. The van der Waals surface area contributed by atoms with Crippen molar-refractivity contribution in [2.75, 3.05) is 10.2 Å². The summed E-state index contributed by atoms with van der Waals surface area (Å²) in [5, 5.41) is 3.76. The molecule has 1 unspecified atom stereocenters. The molecule has 0 radical (unpaired) electrons. The zero-order valence-electron chi connectivity index (χ0n) is 16.0. The molecule has 3 aromatic rings. The molecule has 0 saturated carbocycles. The fraction of sp³-hybridized carbons (Fsp3) is 0.190. The number of hydrogen-bond donors (Lipinski definition) is 1. The van der Waals surface area contributed by atoms with Gasteiger partial charge in [-0.3, -0.25) is 4.90 Å². The van der Waals surface area contributed by atoms with Crippen LogP contribution < -0.4 is 10.2 Å². The number of nitrogens with one attached hydrogen (secondary N) is 1. The standard InChI is InChI=1S/C21H15ClF3IN2S3/c1-2-14-10-15(22)18(30-14)19-28(20(29)27-13-5-3-4-12(26)9-13)16-8-11(21(23,24)25)6-7-17(16)31-19/h3-10,19H,2H2,1H3,(H,27,29). The van der Waals surface area contributed by atoms with E-state index in [1.807, 2.05) is 37.3 Å². The second-order valence-electron chi connectivity index (χ2n) is 6.74. The van der Waals surface area contributed by atoms with Crippen LogP contribution in [0.4, 0.5) is 24.5 Å². The second-order valence-corrected chi connectivity index (χ2v) is 11.1. The topological polar surface area (TPSA) is 15.3 Å². The summed E-state index contributed by atoms with van der Waals surface area (Å²) in [7, 11) is 0. The zero-order chi connectivity index (χ0) is 22.3. The third-order valence-electron chi connectivity index (χ3n) is 4.65. The van der Waals surface area contributed by atoms with Crippen LogP contribution in [-0.4, -0.2) is 5.11 Å². The summed E-state index contributed by atoms with van der Waals surface area (Å²) in [5.41, 5.74) is 0.490. The Kier molecular flexibility index (Phi) is 6.79. The van der Waals surface area contributed by atoms with Crippen LogP contribution in [0.25, 0.3) is 0 Å². The van der Waals surface area contributed by atoms with Crippen molar-refractivity contribution in [1.82, 2.24) is 0 Å². The van der Waals surface area contributed by atoms with Gasteiger partial charge in [-0.15, -0.1) is 11.3 Å². The van der Waals surface area contributed by atoms with E-state index in [1.165, 1.54) is 17.8 Å². The highest BCUT2D eigenvalue weighted by Crippen LogP contribution is 2.55. The minimum Gasteiger partial charge on any atom is -0.332 e. The monoisotopic (exact) mass is 610 g/mol. The third kappa shape index (κ3) is 4.85. The van der Waals surface area contributed by atoms with Crippen LogP contribution in [0.1, 0.15) is 27.6 Å². The molecule has 1 aliphatic rings. The van der Waals surface area contributed by atoms with E-state index in [0.717, 1.165) is 42.5 Å². The van der Waals surface area contributed by atoms with Crippen molar-refractivity contribution in [3.05, 3.63) is 72.4 Å². The van der Waals surface area contributed by atoms with Gasteiger partial charge in [0, 0.05) is 19.0 Å². The number of fused-ring (bicyclic) bond motifs is 1. The van der Waals surface area contributed by atoms with Gasteiger partial charge in [-0.2, -0.15) is 13.2 Å². The third-order valence-corrected chi connectivity index (χ3v) is 8.79. The molecule has 10 heteroatoms. The molecular formula is C21H15ClF3IN2S3. The summed E-state index contributed by atoms with van der Waals surface area (Å²) in [6.45, 7) is 2.04. The first kappa shape index (κ1) is 23.2. The van der Waals surface area contributed by atoms with Gasteiger partial charge in [-0.25, -0.2) is 0 Å². The largest absolute Gasteiger partial charge is 0.416 e. The number of alkyl halides is 3. The molecule has 0 spiro atoms. The maximum absolute atomic E-state index is 13.4. The molecule has 31 heavy (non-hydrogen) atoms. The molecule has 0 saturated heterocycles. The molecule has 0 amide bonds. The van der Waals surface area contributed by atoms with E-state index in [9.17, 15) is 13.2 Å². The summed E-state index contributed by atoms with van der Waals surface area (Å²) >= 11 is 17.4. The highest BCUT2D eigenvalue weighted by atomic mass is 127. The van der Waals surface area contributed by atoms with Crippen molar-refractivity contribution in [2.24, 2.45) is 0 Å². The highest BCUT2D eigenvalue weighted by Gasteiger charge is 2.39. The van der Waals surface area contributed by atoms with E-state index in [2.05, 4.69) is 27.9 Å². The van der Waals surface area contributed by atoms with E-state index in [4.69, 9.17) is 23.8 Å². The van der Waals surface area contributed by atoms with Crippen molar-refractivity contribution in [1.29, 1.82) is 0 Å². The Morgan fingerprint density at radius 2 is 2.00 bits per heavy atom. The summed E-state index contributed by atoms with van der Waals surface area (Å²) in [6, 6.07) is 13.3. The summed E-state index contributed by atoms with van der Waals surface area (Å²) in [4.78, 5) is 4.46. The first-order chi connectivity index (χ1) is 14.7. The summed E-state index contributed by atoms with van der Waals surface area (Å²) < 4.78 is 41.3. The normalized spacial score (nSPS) is 15.8. The van der Waals surface area contributed by atoms with Crippen molar-refractivity contribution in [3.8, 4) is 0 Å². The molecule has 0 bridgehead atoms. The minimum atomic E-state index is -4.44. The van der Waals surface area contributed by atoms with Crippen LogP contribution in [0.2, 0.25) is 5.02 Å². The predicted octanol–water partition coefficient (Wildman–Crippen LogP) is 8.60. The number of aryl methyl sites for hydroxylation is 1. The van der Waals surface area contributed by atoms with Crippen LogP contribution in [0, 0.1) is 3.57 Å². The molecule has 4 rings (SSSR count). The van der Waals surface area contributed by atoms with E-state index in [0.29, 0.717) is 15.8 Å². The quantitative estimate of drug-likeness (QED) is 0.236. The van der Waals surface area contributed by atoms with Gasteiger partial charge >= 0.3 is 6.18 Å². The van der Waals surface area contributed by atoms with E-state index >= 15 is 0 Å². The van der Waals surface area contributed by atoms with Crippen LogP contribution in [0.5, 0.6) is 0 Å². The minimum absolute atomic E-state index is 0.320. The average Bonchev–Trinajstić information content (AvgIpc) is 3.26. The molecule has 2 nitrogen and oxygen atoms in total. The van der Waals surface area contributed by atoms with Crippen LogP contribution >= 0.6 is 69.5 Å². The Morgan fingerprint density at radius 3 is 2.65 bits per heavy atom. The van der Waals surface area contributed by atoms with E-state index in [1.54, 1.807) is 16.2 Å². The second kappa shape index (κ2) is 9.09. The van der Waals surface area contributed by atoms with Gasteiger partial charge in [-0.1, -0.05) is 36.4 Å². The first-order valence-electron chi connectivity index (χ1n) is 9.19. The lowest BCUT2D eigenvalue weighted by Crippen LogP contribution is -2.34. The molecule has 1 aromatic heterocycles. The molecule has 1 atom stereocenters. The van der Waals surface area contributed by atoms with Gasteiger partial charge in [0.2, 0.25) is 0 Å². The van der Waals surface area contributed by atoms with Gasteiger partial charge in [0.15, 0.2) is 5.11 Å². The lowest BCUT2D eigenvalue weighted by atomic mass is 10.2. The Bertz CT molecular complexity index is 1150. The number of thiophene rings is 1. The molecule has 1 N–H and O–H groups in total. The number of halogens is 5. The highest BCUT2D eigenvalue weighted by molar-refractivity contribution is 14.1. The molecule has 0 aliphatic carbocycles. The van der Waals surface area contributed by atoms with Gasteiger partial charge < -0.3 is 5.32 Å². The number of benzene rings is 2. The predicted molar refractivity (Wildman–Crippen MR) is 137 cm³/mol. The lowest BCUT2D eigenvalue weighted by molar-refractivity contribution is -0.137. The zero-order valence-corrected chi connectivity index (χ0v) is 21.3. The number of nitrogens with zero attached hydrogens (tertiary/aromatic N) is 1. The number of thioether (sulfide) groups is 1. The van der Waals surface area contributed by atoms with Crippen molar-refractivity contribution >= 4 is 86.0 Å². The van der Waals surface area contributed by atoms with Crippen LogP contribution in [0.3, 0.4) is 0 Å². The maximum Gasteiger partial charge on any atom is 0.416 e. The number of hydrogen-bond acceptors (Lipinski definition) is 3. The summed E-state index contributed by atoms with van der Waals surface area (Å²) in [6.07, 6.45) is -3.61. The van der Waals surface area contributed by atoms with Gasteiger partial charge in [-0.05, 0) is 83.7 Å². The Hall–Kier alpha value is -1.01. The smallest absolute Gasteiger partial charge is 0.332 e. The molecule has 1 aliphatic heterocycles. The number of anilines is 2. The van der Waals surface area contributed by atoms with Gasteiger partial charge in [0.05, 0.1) is 21.2 Å². The van der Waals surface area contributed by atoms with Crippen molar-refractivity contribution in [2.45, 2.75) is 29.8 Å². The molecular weight excluding hydrogens is 596 g/mol. The molecule has 0 fully saturated rings. The van der Waals surface area contributed by atoms with Crippen molar-refractivity contribution in [3.63, 3.8) is 0 Å². The lowest BCUT2D eigenvalue weighted by Gasteiger charge is -2.27. The van der Waals surface area contributed by atoms with Crippen LogP contribution in [0.15, 0.2) is 53.4 Å². The molecule has 2 aromatic carbocycles. The number of thiocarbonyl (C=S) groups is 1. The van der Waals surface area contributed by atoms with E-state index in [-0.39, 0.29) is 5.37 Å². The number of rotatable bonds is 3. The first-order valence-corrected chi connectivity index (χ1v) is 12.7. The molecule has 162 valence electrons. The Labute approximate surface area is 210 Å². The molecule has 2 heterocycles. The maximum atomic E-state index is 13.4. The van der Waals surface area contributed by atoms with Gasteiger partial charge in [0.25, 0.3) is 0 Å². The SMILES string of the molecule is CCc1cc(Cl)c(C2Sc3ccc(C(F)(F)F)cc3N2C(=S)Nc2cccc(I)c2)s1. The van der Waals surface area contributed by atoms with Gasteiger partial charge in [0.1, 0.15) is 5.37 Å². The fourth-order valence-electron chi connectivity index (χ4n) is 3.19. The Balaban J connectivity index is 1.77. The van der Waals surface area contributed by atoms with Crippen LogP contribution in [-0.2, 0) is 12.6 Å². The van der Waals surface area contributed by atoms with E-state index < -0.39 is 11.7 Å². The Morgan fingerprint density at radius 1 is 1.23 bits per heavy atom. The summed E-state index contributed by atoms with van der Waals surface area (Å²) in [5.74, 6) is 0.